The molecule has 0 saturated carbocycles. The Morgan fingerprint density at radius 3 is 2.43 bits per heavy atom. The van der Waals surface area contributed by atoms with Gasteiger partial charge in [0.2, 0.25) is 0 Å². The number of piperidine rings is 1. The molecule has 2 aliphatic rings. The molecule has 0 atom stereocenters. The van der Waals surface area contributed by atoms with E-state index in [4.69, 9.17) is 11.6 Å². The van der Waals surface area contributed by atoms with Crippen molar-refractivity contribution in [1.29, 1.82) is 0 Å². The lowest BCUT2D eigenvalue weighted by Crippen LogP contribution is -2.46. The van der Waals surface area contributed by atoms with E-state index in [1.165, 1.54) is 6.42 Å². The van der Waals surface area contributed by atoms with Gasteiger partial charge in [0, 0.05) is 45.5 Å². The zero-order valence-corrected chi connectivity index (χ0v) is 14.6. The van der Waals surface area contributed by atoms with Crippen LogP contribution in [0, 0.1) is 0 Å². The van der Waals surface area contributed by atoms with Crippen LogP contribution in [0.1, 0.15) is 36.5 Å². The van der Waals surface area contributed by atoms with Crippen molar-refractivity contribution in [3.05, 3.63) is 22.8 Å². The number of likely N-dealkylation sites (tertiary alicyclic amines) is 1. The lowest BCUT2D eigenvalue weighted by Gasteiger charge is -2.35. The van der Waals surface area contributed by atoms with Gasteiger partial charge in [-0.1, -0.05) is 18.5 Å². The van der Waals surface area contributed by atoms with E-state index in [1.54, 1.807) is 12.3 Å². The van der Waals surface area contributed by atoms with Gasteiger partial charge >= 0.3 is 0 Å². The molecule has 5 nitrogen and oxygen atoms in total. The van der Waals surface area contributed by atoms with E-state index in [0.717, 1.165) is 64.5 Å². The number of halogens is 1. The van der Waals surface area contributed by atoms with E-state index in [0.29, 0.717) is 10.6 Å². The highest BCUT2D eigenvalue weighted by atomic mass is 35.5. The van der Waals surface area contributed by atoms with Crippen LogP contribution >= 0.6 is 11.6 Å². The number of pyridine rings is 1. The highest BCUT2D eigenvalue weighted by Gasteiger charge is 2.22. The molecule has 126 valence electrons. The first-order chi connectivity index (χ1) is 11.2. The number of hydrogen-bond acceptors (Lipinski definition) is 4. The molecule has 1 aromatic heterocycles. The maximum absolute atomic E-state index is 12.5. The normalized spacial score (nSPS) is 19.9. The van der Waals surface area contributed by atoms with Gasteiger partial charge in [-0.25, -0.2) is 4.98 Å². The molecule has 0 aromatic carbocycles. The number of piperazine rings is 1. The summed E-state index contributed by atoms with van der Waals surface area (Å²) in [6.07, 6.45) is 5.08. The standard InChI is InChI=1S/C17H25ClN4O/c1-2-20-8-10-21(11-9-20)16-15(18)12-14(13-19-16)17(23)22-6-4-3-5-7-22/h12-13H,2-11H2,1H3. The first-order valence-electron chi connectivity index (χ1n) is 8.61. The summed E-state index contributed by atoms with van der Waals surface area (Å²) >= 11 is 6.43. The third-order valence-corrected chi connectivity index (χ3v) is 5.11. The first-order valence-corrected chi connectivity index (χ1v) is 8.99. The van der Waals surface area contributed by atoms with Gasteiger partial charge in [0.25, 0.3) is 5.91 Å². The fraction of sp³-hybridized carbons (Fsp3) is 0.647. The molecule has 0 N–H and O–H groups in total. The van der Waals surface area contributed by atoms with Crippen molar-refractivity contribution in [1.82, 2.24) is 14.8 Å². The molecule has 1 aromatic rings. The van der Waals surface area contributed by atoms with Crippen molar-refractivity contribution in [2.24, 2.45) is 0 Å². The van der Waals surface area contributed by atoms with Crippen molar-refractivity contribution < 1.29 is 4.79 Å². The minimum atomic E-state index is 0.0569. The molecule has 2 saturated heterocycles. The Bertz CT molecular complexity index is 552. The van der Waals surface area contributed by atoms with Crippen LogP contribution in [0.5, 0.6) is 0 Å². The summed E-state index contributed by atoms with van der Waals surface area (Å²) in [4.78, 5) is 23.6. The number of aromatic nitrogens is 1. The Hall–Kier alpha value is -1.33. The molecule has 0 aliphatic carbocycles. The molecule has 0 unspecified atom stereocenters. The summed E-state index contributed by atoms with van der Waals surface area (Å²) in [5.74, 6) is 0.860. The van der Waals surface area contributed by atoms with Crippen molar-refractivity contribution in [2.75, 3.05) is 50.7 Å². The number of amides is 1. The lowest BCUT2D eigenvalue weighted by molar-refractivity contribution is 0.0724. The molecular weight excluding hydrogens is 312 g/mol. The zero-order chi connectivity index (χ0) is 16.2. The number of likely N-dealkylation sites (N-methyl/N-ethyl adjacent to an activating group) is 1. The number of nitrogens with zero attached hydrogens (tertiary/aromatic N) is 4. The number of carbonyl (C=O) groups excluding carboxylic acids is 1. The van der Waals surface area contributed by atoms with Gasteiger partial charge in [0.1, 0.15) is 5.82 Å². The molecular formula is C17H25ClN4O. The van der Waals surface area contributed by atoms with Gasteiger partial charge in [-0.3, -0.25) is 4.79 Å². The second-order valence-corrected chi connectivity index (χ2v) is 6.71. The largest absolute Gasteiger partial charge is 0.353 e. The highest BCUT2D eigenvalue weighted by molar-refractivity contribution is 6.33. The van der Waals surface area contributed by atoms with Crippen LogP contribution < -0.4 is 4.90 Å². The first kappa shape index (κ1) is 16.5. The maximum atomic E-state index is 12.5. The Morgan fingerprint density at radius 2 is 1.83 bits per heavy atom. The summed E-state index contributed by atoms with van der Waals surface area (Å²) in [7, 11) is 0. The molecule has 3 heterocycles. The van der Waals surface area contributed by atoms with Crippen LogP contribution in [0.25, 0.3) is 0 Å². The lowest BCUT2D eigenvalue weighted by atomic mass is 10.1. The second-order valence-electron chi connectivity index (χ2n) is 6.30. The summed E-state index contributed by atoms with van der Waals surface area (Å²) in [6, 6.07) is 1.78. The Labute approximate surface area is 143 Å². The van der Waals surface area contributed by atoms with Crippen LogP contribution in [-0.2, 0) is 0 Å². The molecule has 2 fully saturated rings. The fourth-order valence-corrected chi connectivity index (χ4v) is 3.62. The van der Waals surface area contributed by atoms with Gasteiger partial charge in [-0.2, -0.15) is 0 Å². The van der Waals surface area contributed by atoms with Crippen molar-refractivity contribution in [3.63, 3.8) is 0 Å². The predicted octanol–water partition coefficient (Wildman–Crippen LogP) is 2.50. The Morgan fingerprint density at radius 1 is 1.13 bits per heavy atom. The smallest absolute Gasteiger partial charge is 0.255 e. The molecule has 0 bridgehead atoms. The number of hydrogen-bond donors (Lipinski definition) is 0. The van der Waals surface area contributed by atoms with E-state index in [9.17, 15) is 4.79 Å². The van der Waals surface area contributed by atoms with Gasteiger partial charge < -0.3 is 14.7 Å². The molecule has 2 aliphatic heterocycles. The third-order valence-electron chi connectivity index (χ3n) is 4.83. The maximum Gasteiger partial charge on any atom is 0.255 e. The minimum absolute atomic E-state index is 0.0569. The topological polar surface area (TPSA) is 39.7 Å². The van der Waals surface area contributed by atoms with Crippen LogP contribution in [0.3, 0.4) is 0 Å². The van der Waals surface area contributed by atoms with Gasteiger partial charge in [0.15, 0.2) is 0 Å². The van der Waals surface area contributed by atoms with E-state index in [-0.39, 0.29) is 5.91 Å². The Kier molecular flexibility index (Phi) is 5.38. The summed E-state index contributed by atoms with van der Waals surface area (Å²) in [5.41, 5.74) is 0.604. The van der Waals surface area contributed by atoms with Crippen molar-refractivity contribution >= 4 is 23.3 Å². The predicted molar refractivity (Wildman–Crippen MR) is 93.3 cm³/mol. The van der Waals surface area contributed by atoms with Crippen LogP contribution in [0.15, 0.2) is 12.3 Å². The van der Waals surface area contributed by atoms with Crippen LogP contribution in [-0.4, -0.2) is 66.5 Å². The van der Waals surface area contributed by atoms with Crippen molar-refractivity contribution in [3.8, 4) is 0 Å². The number of anilines is 1. The van der Waals surface area contributed by atoms with Gasteiger partial charge in [-0.05, 0) is 31.9 Å². The second kappa shape index (κ2) is 7.49. The van der Waals surface area contributed by atoms with E-state index in [2.05, 4.69) is 21.7 Å². The summed E-state index contributed by atoms with van der Waals surface area (Å²) in [5, 5.41) is 0.581. The molecule has 0 radical (unpaired) electrons. The Balaban J connectivity index is 1.69. The monoisotopic (exact) mass is 336 g/mol. The summed E-state index contributed by atoms with van der Waals surface area (Å²) in [6.45, 7) is 8.88. The van der Waals surface area contributed by atoms with E-state index < -0.39 is 0 Å². The quantitative estimate of drug-likeness (QED) is 0.850. The molecule has 23 heavy (non-hydrogen) atoms. The minimum Gasteiger partial charge on any atom is -0.353 e. The van der Waals surface area contributed by atoms with Crippen LogP contribution in [0.4, 0.5) is 5.82 Å². The number of rotatable bonds is 3. The van der Waals surface area contributed by atoms with Gasteiger partial charge in [0.05, 0.1) is 10.6 Å². The highest BCUT2D eigenvalue weighted by Crippen LogP contribution is 2.26. The molecule has 0 spiro atoms. The SMILES string of the molecule is CCN1CCN(c2ncc(C(=O)N3CCCCC3)cc2Cl)CC1. The van der Waals surface area contributed by atoms with Crippen LogP contribution in [0.2, 0.25) is 5.02 Å². The van der Waals surface area contributed by atoms with E-state index in [1.807, 2.05) is 4.90 Å². The average Bonchev–Trinajstić information content (AvgIpc) is 2.62. The van der Waals surface area contributed by atoms with Gasteiger partial charge in [-0.15, -0.1) is 0 Å². The molecule has 1 amide bonds. The third kappa shape index (κ3) is 3.78. The fourth-order valence-electron chi connectivity index (χ4n) is 3.34. The zero-order valence-electron chi connectivity index (χ0n) is 13.8. The summed E-state index contributed by atoms with van der Waals surface area (Å²) < 4.78 is 0. The molecule has 6 heteroatoms. The van der Waals surface area contributed by atoms with Crippen molar-refractivity contribution in [2.45, 2.75) is 26.2 Å². The van der Waals surface area contributed by atoms with E-state index >= 15 is 0 Å². The molecule has 3 rings (SSSR count). The number of carbonyl (C=O) groups is 1. The average molecular weight is 337 g/mol.